The summed E-state index contributed by atoms with van der Waals surface area (Å²) in [4.78, 5) is 11.9. The molecule has 0 saturated carbocycles. The fraction of sp³-hybridized carbons (Fsp3) is 0. The SMILES string of the molecule is NN(C(=O)c1ccccc1)c1ccc(F)cc1. The van der Waals surface area contributed by atoms with E-state index in [2.05, 4.69) is 0 Å². The molecule has 0 radical (unpaired) electrons. The van der Waals surface area contributed by atoms with Crippen LogP contribution >= 0.6 is 0 Å². The minimum atomic E-state index is -0.366. The van der Waals surface area contributed by atoms with Crippen LogP contribution in [0.3, 0.4) is 0 Å². The predicted molar refractivity (Wildman–Crippen MR) is 63.8 cm³/mol. The monoisotopic (exact) mass is 230 g/mol. The number of carbonyl (C=O) groups excluding carboxylic acids is 1. The van der Waals surface area contributed by atoms with Crippen molar-refractivity contribution < 1.29 is 9.18 Å². The number of nitrogens with zero attached hydrogens (tertiary/aromatic N) is 1. The number of amides is 1. The molecular weight excluding hydrogens is 219 g/mol. The van der Waals surface area contributed by atoms with Gasteiger partial charge in [0.1, 0.15) is 5.82 Å². The lowest BCUT2D eigenvalue weighted by molar-refractivity contribution is 0.0987. The maximum atomic E-state index is 12.7. The average molecular weight is 230 g/mol. The lowest BCUT2D eigenvalue weighted by Crippen LogP contribution is -2.37. The van der Waals surface area contributed by atoms with E-state index in [1.54, 1.807) is 24.3 Å². The van der Waals surface area contributed by atoms with Crippen molar-refractivity contribution in [3.05, 3.63) is 66.0 Å². The van der Waals surface area contributed by atoms with E-state index in [1.165, 1.54) is 24.3 Å². The van der Waals surface area contributed by atoms with E-state index in [0.29, 0.717) is 11.3 Å². The molecule has 2 rings (SSSR count). The van der Waals surface area contributed by atoms with E-state index in [4.69, 9.17) is 5.84 Å². The highest BCUT2D eigenvalue weighted by molar-refractivity contribution is 6.05. The highest BCUT2D eigenvalue weighted by Gasteiger charge is 2.13. The van der Waals surface area contributed by atoms with E-state index in [9.17, 15) is 9.18 Å². The van der Waals surface area contributed by atoms with Gasteiger partial charge in [-0.1, -0.05) is 18.2 Å². The van der Waals surface area contributed by atoms with Crippen LogP contribution in [0.4, 0.5) is 10.1 Å². The number of carbonyl (C=O) groups is 1. The van der Waals surface area contributed by atoms with Gasteiger partial charge in [-0.15, -0.1) is 0 Å². The molecule has 0 unspecified atom stereocenters. The second-order valence-electron chi connectivity index (χ2n) is 3.52. The molecule has 0 bridgehead atoms. The summed E-state index contributed by atoms with van der Waals surface area (Å²) in [5.41, 5.74) is 0.930. The Balaban J connectivity index is 2.23. The molecule has 0 aliphatic rings. The second-order valence-corrected chi connectivity index (χ2v) is 3.52. The molecule has 2 N–H and O–H groups in total. The van der Waals surface area contributed by atoms with E-state index < -0.39 is 0 Å². The first-order chi connectivity index (χ1) is 8.18. The van der Waals surface area contributed by atoms with Gasteiger partial charge in [0.2, 0.25) is 0 Å². The Morgan fingerprint density at radius 3 is 2.18 bits per heavy atom. The minimum Gasteiger partial charge on any atom is -0.267 e. The lowest BCUT2D eigenvalue weighted by atomic mass is 10.2. The quantitative estimate of drug-likeness (QED) is 0.489. The number of benzene rings is 2. The van der Waals surface area contributed by atoms with Gasteiger partial charge in [0, 0.05) is 5.56 Å². The van der Waals surface area contributed by atoms with Gasteiger partial charge in [0.15, 0.2) is 0 Å². The molecule has 17 heavy (non-hydrogen) atoms. The van der Waals surface area contributed by atoms with Crippen molar-refractivity contribution in [1.29, 1.82) is 0 Å². The normalized spacial score (nSPS) is 10.0. The van der Waals surface area contributed by atoms with Crippen LogP contribution < -0.4 is 10.9 Å². The summed E-state index contributed by atoms with van der Waals surface area (Å²) in [6, 6.07) is 14.1. The molecule has 86 valence electrons. The summed E-state index contributed by atoms with van der Waals surface area (Å²) in [7, 11) is 0. The molecule has 2 aromatic carbocycles. The second kappa shape index (κ2) is 4.76. The molecule has 0 fully saturated rings. The largest absolute Gasteiger partial charge is 0.272 e. The summed E-state index contributed by atoms with van der Waals surface area (Å²) in [6.07, 6.45) is 0. The minimum absolute atomic E-state index is 0.336. The van der Waals surface area contributed by atoms with Crippen LogP contribution in [0.1, 0.15) is 10.4 Å². The predicted octanol–water partition coefficient (Wildman–Crippen LogP) is 2.35. The molecule has 0 spiro atoms. The van der Waals surface area contributed by atoms with Crippen molar-refractivity contribution in [3.8, 4) is 0 Å². The zero-order chi connectivity index (χ0) is 12.3. The van der Waals surface area contributed by atoms with E-state index in [1.807, 2.05) is 6.07 Å². The third-order valence-electron chi connectivity index (χ3n) is 2.34. The smallest absolute Gasteiger partial charge is 0.267 e. The van der Waals surface area contributed by atoms with Gasteiger partial charge < -0.3 is 0 Å². The molecule has 0 heterocycles. The Labute approximate surface area is 98.3 Å². The zero-order valence-corrected chi connectivity index (χ0v) is 9.01. The fourth-order valence-electron chi connectivity index (χ4n) is 1.44. The third kappa shape index (κ3) is 2.49. The molecule has 0 aliphatic carbocycles. The van der Waals surface area contributed by atoms with Gasteiger partial charge in [0.05, 0.1) is 5.69 Å². The average Bonchev–Trinajstić information content (AvgIpc) is 2.39. The van der Waals surface area contributed by atoms with Crippen molar-refractivity contribution in [3.63, 3.8) is 0 Å². The highest BCUT2D eigenvalue weighted by atomic mass is 19.1. The molecule has 0 atom stereocenters. The number of hydrazine groups is 1. The number of halogens is 1. The van der Waals surface area contributed by atoms with Crippen LogP contribution in [0.2, 0.25) is 0 Å². The summed E-state index contributed by atoms with van der Waals surface area (Å²) < 4.78 is 12.7. The molecule has 0 saturated heterocycles. The Bertz CT molecular complexity index is 511. The topological polar surface area (TPSA) is 46.3 Å². The Morgan fingerprint density at radius 1 is 1.00 bits per heavy atom. The Morgan fingerprint density at radius 2 is 1.59 bits per heavy atom. The van der Waals surface area contributed by atoms with E-state index >= 15 is 0 Å². The first-order valence-corrected chi connectivity index (χ1v) is 5.08. The lowest BCUT2D eigenvalue weighted by Gasteiger charge is -2.16. The number of hydrogen-bond donors (Lipinski definition) is 1. The summed E-state index contributed by atoms with van der Waals surface area (Å²) in [5.74, 6) is 4.98. The van der Waals surface area contributed by atoms with Gasteiger partial charge in [-0.25, -0.2) is 15.2 Å². The molecular formula is C13H11FN2O. The third-order valence-corrected chi connectivity index (χ3v) is 2.34. The molecule has 0 aromatic heterocycles. The van der Waals surface area contributed by atoms with Gasteiger partial charge in [-0.2, -0.15) is 0 Å². The number of anilines is 1. The molecule has 1 amide bonds. The number of rotatable bonds is 2. The van der Waals surface area contributed by atoms with Crippen molar-refractivity contribution in [1.82, 2.24) is 0 Å². The van der Waals surface area contributed by atoms with Crippen LogP contribution in [0.25, 0.3) is 0 Å². The first-order valence-electron chi connectivity index (χ1n) is 5.08. The molecule has 2 aromatic rings. The zero-order valence-electron chi connectivity index (χ0n) is 9.01. The van der Waals surface area contributed by atoms with Crippen molar-refractivity contribution in [2.45, 2.75) is 0 Å². The van der Waals surface area contributed by atoms with Crippen LogP contribution in [0, 0.1) is 5.82 Å². The maximum Gasteiger partial charge on any atom is 0.272 e. The standard InChI is InChI=1S/C13H11FN2O/c14-11-6-8-12(9-7-11)16(15)13(17)10-4-2-1-3-5-10/h1-9H,15H2. The molecule has 3 nitrogen and oxygen atoms in total. The van der Waals surface area contributed by atoms with Gasteiger partial charge in [-0.05, 0) is 36.4 Å². The van der Waals surface area contributed by atoms with Crippen molar-refractivity contribution >= 4 is 11.6 Å². The van der Waals surface area contributed by atoms with Gasteiger partial charge >= 0.3 is 0 Å². The fourth-order valence-corrected chi connectivity index (χ4v) is 1.44. The summed E-state index contributed by atoms with van der Waals surface area (Å²) in [6.45, 7) is 0. The number of hydrogen-bond acceptors (Lipinski definition) is 2. The maximum absolute atomic E-state index is 12.7. The van der Waals surface area contributed by atoms with Gasteiger partial charge in [0.25, 0.3) is 5.91 Å². The molecule has 4 heteroatoms. The van der Waals surface area contributed by atoms with Crippen LogP contribution in [0.5, 0.6) is 0 Å². The van der Waals surface area contributed by atoms with Gasteiger partial charge in [-0.3, -0.25) is 4.79 Å². The van der Waals surface area contributed by atoms with Crippen LogP contribution in [-0.2, 0) is 0 Å². The summed E-state index contributed by atoms with van der Waals surface area (Å²) in [5, 5.41) is 0.995. The van der Waals surface area contributed by atoms with Crippen LogP contribution in [-0.4, -0.2) is 5.91 Å². The first kappa shape index (κ1) is 11.3. The van der Waals surface area contributed by atoms with Crippen LogP contribution in [0.15, 0.2) is 54.6 Å². The molecule has 0 aliphatic heterocycles. The van der Waals surface area contributed by atoms with E-state index in [0.717, 1.165) is 5.01 Å². The van der Waals surface area contributed by atoms with Crippen molar-refractivity contribution in [2.75, 3.05) is 5.01 Å². The summed E-state index contributed by atoms with van der Waals surface area (Å²) >= 11 is 0. The van der Waals surface area contributed by atoms with E-state index in [-0.39, 0.29) is 11.7 Å². The Hall–Kier alpha value is -2.20. The Kier molecular flexibility index (Phi) is 3.16. The number of nitrogens with two attached hydrogens (primary N) is 1. The highest BCUT2D eigenvalue weighted by Crippen LogP contribution is 2.14. The van der Waals surface area contributed by atoms with Crippen molar-refractivity contribution in [2.24, 2.45) is 5.84 Å².